The Balaban J connectivity index is 2.30. The van der Waals surface area contributed by atoms with E-state index in [1.54, 1.807) is 24.3 Å². The number of rotatable bonds is 3. The van der Waals surface area contributed by atoms with E-state index in [0.717, 1.165) is 22.3 Å². The van der Waals surface area contributed by atoms with Crippen molar-refractivity contribution in [1.82, 2.24) is 0 Å². The maximum absolute atomic E-state index is 12.7. The molecule has 0 aromatic heterocycles. The van der Waals surface area contributed by atoms with Gasteiger partial charge in [-0.15, -0.1) is 0 Å². The van der Waals surface area contributed by atoms with Crippen molar-refractivity contribution in [2.24, 2.45) is 0 Å². The number of benzene rings is 3. The predicted molar refractivity (Wildman–Crippen MR) is 102 cm³/mol. The van der Waals surface area contributed by atoms with Crippen LogP contribution in [0, 0.1) is 4.78 Å². The molecule has 3 aromatic carbocycles. The largest absolute Gasteiger partial charge is 0.249 e. The SMILES string of the molecule is CS(=N)(=O)c1c(-c2ccc(Cl)cc2)cccc1-c1ccc(Cl)cc1. The summed E-state index contributed by atoms with van der Waals surface area (Å²) in [7, 11) is -2.95. The average molecular weight is 376 g/mol. The number of nitrogens with one attached hydrogen (secondary N) is 1. The summed E-state index contributed by atoms with van der Waals surface area (Å²) >= 11 is 11.9. The molecule has 0 bridgehead atoms. The summed E-state index contributed by atoms with van der Waals surface area (Å²) in [6, 6.07) is 20.3. The molecular formula is C19H15Cl2NOS. The zero-order valence-electron chi connectivity index (χ0n) is 12.9. The van der Waals surface area contributed by atoms with E-state index in [4.69, 9.17) is 28.0 Å². The molecule has 0 fully saturated rings. The minimum absolute atomic E-state index is 0.523. The van der Waals surface area contributed by atoms with E-state index < -0.39 is 9.73 Å². The van der Waals surface area contributed by atoms with Crippen molar-refractivity contribution in [3.05, 3.63) is 76.8 Å². The minimum Gasteiger partial charge on any atom is -0.249 e. The van der Waals surface area contributed by atoms with E-state index in [-0.39, 0.29) is 0 Å². The minimum atomic E-state index is -2.95. The van der Waals surface area contributed by atoms with Crippen molar-refractivity contribution in [1.29, 1.82) is 4.78 Å². The van der Waals surface area contributed by atoms with Crippen LogP contribution in [0.1, 0.15) is 0 Å². The van der Waals surface area contributed by atoms with Crippen LogP contribution in [0.4, 0.5) is 0 Å². The molecule has 1 atom stereocenters. The van der Waals surface area contributed by atoms with Gasteiger partial charge < -0.3 is 0 Å². The number of hydrogen-bond donors (Lipinski definition) is 1. The van der Waals surface area contributed by atoms with Gasteiger partial charge in [-0.1, -0.05) is 65.7 Å². The molecule has 0 amide bonds. The second-order valence-corrected chi connectivity index (χ2v) is 8.51. The lowest BCUT2D eigenvalue weighted by molar-refractivity contribution is 0.679. The molecular weight excluding hydrogens is 361 g/mol. The first-order valence-corrected chi connectivity index (χ1v) is 9.97. The van der Waals surface area contributed by atoms with Crippen LogP contribution in [-0.2, 0) is 9.73 Å². The Hall–Kier alpha value is -1.81. The molecule has 122 valence electrons. The van der Waals surface area contributed by atoms with Gasteiger partial charge in [-0.05, 0) is 46.5 Å². The van der Waals surface area contributed by atoms with Crippen LogP contribution in [0.15, 0.2) is 71.6 Å². The Morgan fingerprint density at radius 1 is 0.750 bits per heavy atom. The molecule has 0 aliphatic carbocycles. The van der Waals surface area contributed by atoms with Gasteiger partial charge in [0, 0.05) is 16.3 Å². The number of hydrogen-bond acceptors (Lipinski definition) is 2. The van der Waals surface area contributed by atoms with Gasteiger partial charge in [-0.3, -0.25) is 0 Å². The second kappa shape index (κ2) is 6.60. The van der Waals surface area contributed by atoms with Gasteiger partial charge >= 0.3 is 0 Å². The van der Waals surface area contributed by atoms with Crippen molar-refractivity contribution < 1.29 is 4.21 Å². The van der Waals surface area contributed by atoms with Gasteiger partial charge in [-0.25, -0.2) is 8.99 Å². The van der Waals surface area contributed by atoms with E-state index in [1.807, 2.05) is 42.5 Å². The topological polar surface area (TPSA) is 40.9 Å². The molecule has 1 N–H and O–H groups in total. The Morgan fingerprint density at radius 3 is 1.46 bits per heavy atom. The first-order valence-electron chi connectivity index (χ1n) is 7.25. The van der Waals surface area contributed by atoms with Crippen LogP contribution in [0.3, 0.4) is 0 Å². The highest BCUT2D eigenvalue weighted by Gasteiger charge is 2.18. The fourth-order valence-corrected chi connectivity index (χ4v) is 4.13. The lowest BCUT2D eigenvalue weighted by Gasteiger charge is -2.16. The zero-order valence-corrected chi connectivity index (χ0v) is 15.3. The molecule has 5 heteroatoms. The highest BCUT2D eigenvalue weighted by molar-refractivity contribution is 7.92. The van der Waals surface area contributed by atoms with Crippen molar-refractivity contribution in [3.63, 3.8) is 0 Å². The smallest absolute Gasteiger partial charge is 0.0709 e. The third-order valence-electron chi connectivity index (χ3n) is 3.72. The van der Waals surface area contributed by atoms with Crippen LogP contribution in [-0.4, -0.2) is 10.5 Å². The lowest BCUT2D eigenvalue weighted by atomic mass is 9.99. The molecule has 0 heterocycles. The van der Waals surface area contributed by atoms with E-state index in [2.05, 4.69) is 0 Å². The van der Waals surface area contributed by atoms with Gasteiger partial charge in [0.05, 0.1) is 14.6 Å². The number of halogens is 2. The van der Waals surface area contributed by atoms with Crippen molar-refractivity contribution in [2.75, 3.05) is 6.26 Å². The fourth-order valence-electron chi connectivity index (χ4n) is 2.67. The first-order chi connectivity index (χ1) is 11.4. The molecule has 0 aliphatic rings. The summed E-state index contributed by atoms with van der Waals surface area (Å²) in [4.78, 5) is 0.523. The van der Waals surface area contributed by atoms with Gasteiger partial charge in [-0.2, -0.15) is 0 Å². The van der Waals surface area contributed by atoms with Crippen LogP contribution in [0.25, 0.3) is 22.3 Å². The highest BCUT2D eigenvalue weighted by atomic mass is 35.5. The summed E-state index contributed by atoms with van der Waals surface area (Å²) in [6.45, 7) is 0. The van der Waals surface area contributed by atoms with Gasteiger partial charge in [0.2, 0.25) is 0 Å². The fraction of sp³-hybridized carbons (Fsp3) is 0.0526. The summed E-state index contributed by atoms with van der Waals surface area (Å²) in [5, 5.41) is 1.27. The molecule has 3 rings (SSSR count). The standard InChI is InChI=1S/C19H15Cl2NOS/c1-24(22,23)19-17(13-5-9-15(20)10-6-13)3-2-4-18(19)14-7-11-16(21)12-8-14/h2-12,22H,1H3. The van der Waals surface area contributed by atoms with Crippen molar-refractivity contribution >= 4 is 32.9 Å². The first kappa shape index (κ1) is 17.0. The Morgan fingerprint density at radius 2 is 1.12 bits per heavy atom. The zero-order chi connectivity index (χ0) is 17.3. The van der Waals surface area contributed by atoms with Gasteiger partial charge in [0.15, 0.2) is 0 Å². The molecule has 0 spiro atoms. The summed E-state index contributed by atoms with van der Waals surface area (Å²) in [5.41, 5.74) is 3.32. The molecule has 0 saturated carbocycles. The van der Waals surface area contributed by atoms with Gasteiger partial charge in [0.1, 0.15) is 0 Å². The average Bonchev–Trinajstić information content (AvgIpc) is 2.55. The second-order valence-electron chi connectivity index (χ2n) is 5.54. The van der Waals surface area contributed by atoms with Crippen LogP contribution in [0.5, 0.6) is 0 Å². The predicted octanol–water partition coefficient (Wildman–Crippen LogP) is 6.36. The maximum Gasteiger partial charge on any atom is 0.0709 e. The third kappa shape index (κ3) is 3.48. The molecule has 3 aromatic rings. The van der Waals surface area contributed by atoms with Crippen LogP contribution < -0.4 is 0 Å². The normalized spacial score (nSPS) is 13.5. The van der Waals surface area contributed by atoms with Crippen molar-refractivity contribution in [2.45, 2.75) is 4.90 Å². The quantitative estimate of drug-likeness (QED) is 0.567. The lowest BCUT2D eigenvalue weighted by Crippen LogP contribution is -2.01. The summed E-state index contributed by atoms with van der Waals surface area (Å²) in [6.07, 6.45) is 1.45. The summed E-state index contributed by atoms with van der Waals surface area (Å²) < 4.78 is 20.9. The Bertz CT molecular complexity index is 915. The molecule has 1 unspecified atom stereocenters. The van der Waals surface area contributed by atoms with Crippen LogP contribution >= 0.6 is 23.2 Å². The third-order valence-corrected chi connectivity index (χ3v) is 5.44. The van der Waals surface area contributed by atoms with E-state index in [1.165, 1.54) is 6.26 Å². The summed E-state index contributed by atoms with van der Waals surface area (Å²) in [5.74, 6) is 0. The highest BCUT2D eigenvalue weighted by Crippen LogP contribution is 2.36. The monoisotopic (exact) mass is 375 g/mol. The molecule has 0 radical (unpaired) electrons. The molecule has 0 aliphatic heterocycles. The van der Waals surface area contributed by atoms with Crippen LogP contribution in [0.2, 0.25) is 10.0 Å². The van der Waals surface area contributed by atoms with E-state index in [0.29, 0.717) is 14.9 Å². The molecule has 0 saturated heterocycles. The van der Waals surface area contributed by atoms with Crippen molar-refractivity contribution in [3.8, 4) is 22.3 Å². The maximum atomic E-state index is 12.7. The van der Waals surface area contributed by atoms with Gasteiger partial charge in [0.25, 0.3) is 0 Å². The molecule has 24 heavy (non-hydrogen) atoms. The Labute approximate surface area is 152 Å². The Kier molecular flexibility index (Phi) is 4.68. The van der Waals surface area contributed by atoms with E-state index >= 15 is 0 Å². The molecule has 2 nitrogen and oxygen atoms in total. The van der Waals surface area contributed by atoms with E-state index in [9.17, 15) is 4.21 Å².